The smallest absolute Gasteiger partial charge is 0.347 e. The summed E-state index contributed by atoms with van der Waals surface area (Å²) in [7, 11) is 1.85. The van der Waals surface area contributed by atoms with Crippen LogP contribution in [0, 0.1) is 6.92 Å². The first-order chi connectivity index (χ1) is 14.7. The second kappa shape index (κ2) is 9.23. The molecule has 1 amide bonds. The zero-order chi connectivity index (χ0) is 22.8. The number of nitrogens with one attached hydrogen (secondary N) is 1. The summed E-state index contributed by atoms with van der Waals surface area (Å²) in [6.07, 6.45) is -1.94. The van der Waals surface area contributed by atoms with E-state index < -0.39 is 17.8 Å². The second-order valence-corrected chi connectivity index (χ2v) is 8.50. The highest BCUT2D eigenvalue weighted by Gasteiger charge is 2.33. The molecule has 3 aromatic rings. The van der Waals surface area contributed by atoms with Gasteiger partial charge in [0.25, 0.3) is 5.91 Å². The Hall–Kier alpha value is -2.65. The summed E-state index contributed by atoms with van der Waals surface area (Å²) < 4.78 is 41.6. The molecule has 1 aromatic carbocycles. The van der Waals surface area contributed by atoms with Crippen LogP contribution in [0.1, 0.15) is 38.2 Å². The lowest BCUT2D eigenvalue weighted by molar-refractivity contribution is -0.138. The van der Waals surface area contributed by atoms with Crippen LogP contribution in [-0.2, 0) is 26.1 Å². The Morgan fingerprint density at radius 2 is 2.03 bits per heavy atom. The van der Waals surface area contributed by atoms with Crippen LogP contribution in [0.25, 0.3) is 11.3 Å². The number of carbonyl (C=O) groups is 1. The van der Waals surface area contributed by atoms with Crippen LogP contribution in [-0.4, -0.2) is 28.3 Å². The molecule has 2 aromatic heterocycles. The first-order valence-corrected chi connectivity index (χ1v) is 10.7. The molecule has 0 unspecified atom stereocenters. The van der Waals surface area contributed by atoms with Gasteiger partial charge in [0.05, 0.1) is 22.3 Å². The van der Waals surface area contributed by atoms with Crippen LogP contribution in [0.3, 0.4) is 0 Å². The van der Waals surface area contributed by atoms with Gasteiger partial charge in [-0.2, -0.15) is 18.3 Å². The van der Waals surface area contributed by atoms with Gasteiger partial charge in [-0.25, -0.2) is 0 Å². The zero-order valence-corrected chi connectivity index (χ0v) is 18.4. The van der Waals surface area contributed by atoms with Crippen molar-refractivity contribution in [3.8, 4) is 11.3 Å². The Morgan fingerprint density at radius 1 is 1.32 bits per heavy atom. The first kappa shape index (κ1) is 23.0. The predicted molar refractivity (Wildman–Crippen MR) is 116 cm³/mol. The first-order valence-electron chi connectivity index (χ1n) is 9.93. The fourth-order valence-electron chi connectivity index (χ4n) is 3.63. The molecular formula is C22H25F3N4OS. The molecule has 166 valence electrons. The number of halogens is 3. The van der Waals surface area contributed by atoms with Gasteiger partial charge in [-0.05, 0) is 43.0 Å². The Bertz CT molecular complexity index is 1050. The van der Waals surface area contributed by atoms with Gasteiger partial charge in [0, 0.05) is 30.1 Å². The molecule has 0 saturated carbocycles. The molecule has 0 saturated heterocycles. The lowest BCUT2D eigenvalue weighted by Crippen LogP contribution is -2.41. The number of thiophene rings is 1. The number of nitrogens with two attached hydrogens (primary N) is 1. The largest absolute Gasteiger partial charge is 0.416 e. The molecule has 0 fully saturated rings. The summed E-state index contributed by atoms with van der Waals surface area (Å²) in [5.74, 6) is -0.342. The highest BCUT2D eigenvalue weighted by molar-refractivity contribution is 7.14. The lowest BCUT2D eigenvalue weighted by atomic mass is 9.99. The molecule has 0 aliphatic carbocycles. The van der Waals surface area contributed by atoms with Gasteiger partial charge in [-0.3, -0.25) is 9.48 Å². The minimum Gasteiger partial charge on any atom is -0.347 e. The molecular weight excluding hydrogens is 425 g/mol. The SMILES string of the molecule is CCc1sc(C(=O)N[C@H](CN)Cc2ccccc2C(F)(F)F)cc1-c1c(C)cnn1C. The third-order valence-electron chi connectivity index (χ3n) is 5.14. The Kier molecular flexibility index (Phi) is 6.86. The van der Waals surface area contributed by atoms with Crippen molar-refractivity contribution in [1.82, 2.24) is 15.1 Å². The summed E-state index contributed by atoms with van der Waals surface area (Å²) >= 11 is 1.38. The number of amides is 1. The number of alkyl halides is 3. The van der Waals surface area contributed by atoms with E-state index in [0.717, 1.165) is 34.2 Å². The van der Waals surface area contributed by atoms with Crippen molar-refractivity contribution in [3.63, 3.8) is 0 Å². The average molecular weight is 451 g/mol. The van der Waals surface area contributed by atoms with E-state index in [0.29, 0.717) is 4.88 Å². The number of aromatic nitrogens is 2. The van der Waals surface area contributed by atoms with Gasteiger partial charge in [-0.1, -0.05) is 25.1 Å². The summed E-state index contributed by atoms with van der Waals surface area (Å²) in [4.78, 5) is 14.4. The van der Waals surface area contributed by atoms with Crippen molar-refractivity contribution < 1.29 is 18.0 Å². The third kappa shape index (κ3) is 4.99. The van der Waals surface area contributed by atoms with E-state index in [1.807, 2.05) is 27.0 Å². The number of benzene rings is 1. The number of rotatable bonds is 7. The maximum atomic E-state index is 13.3. The highest BCUT2D eigenvalue weighted by Crippen LogP contribution is 2.34. The van der Waals surface area contributed by atoms with E-state index in [4.69, 9.17) is 5.73 Å². The van der Waals surface area contributed by atoms with E-state index in [2.05, 4.69) is 10.4 Å². The molecule has 0 spiro atoms. The molecule has 31 heavy (non-hydrogen) atoms. The molecule has 9 heteroatoms. The number of hydrogen-bond donors (Lipinski definition) is 2. The Morgan fingerprint density at radius 3 is 2.61 bits per heavy atom. The van der Waals surface area contributed by atoms with Crippen molar-refractivity contribution in [2.75, 3.05) is 6.54 Å². The standard InChI is InChI=1S/C22H25F3N4OS/c1-4-18-16(20-13(2)12-27-29(20)3)10-19(31-18)21(30)28-15(11-26)9-14-7-5-6-8-17(14)22(23,24)25/h5-8,10,12,15H,4,9,11,26H2,1-3H3,(H,28,30)/t15-/m0/s1. The summed E-state index contributed by atoms with van der Waals surface area (Å²) in [5.41, 5.74) is 8.08. The number of aryl methyl sites for hydroxylation is 3. The quantitative estimate of drug-likeness (QED) is 0.563. The van der Waals surface area contributed by atoms with E-state index in [-0.39, 0.29) is 24.4 Å². The van der Waals surface area contributed by atoms with Gasteiger partial charge >= 0.3 is 6.18 Å². The monoisotopic (exact) mass is 450 g/mol. The summed E-state index contributed by atoms with van der Waals surface area (Å²) in [6.45, 7) is 4.00. The lowest BCUT2D eigenvalue weighted by Gasteiger charge is -2.19. The molecule has 3 rings (SSSR count). The molecule has 1 atom stereocenters. The van der Waals surface area contributed by atoms with Crippen LogP contribution in [0.2, 0.25) is 0 Å². The van der Waals surface area contributed by atoms with E-state index in [1.165, 1.54) is 23.5 Å². The molecule has 0 aliphatic rings. The number of carbonyl (C=O) groups excluding carboxylic acids is 1. The third-order valence-corrected chi connectivity index (χ3v) is 6.42. The van der Waals surface area contributed by atoms with Crippen LogP contribution in [0.5, 0.6) is 0 Å². The van der Waals surface area contributed by atoms with Crippen molar-refractivity contribution in [1.29, 1.82) is 0 Å². The van der Waals surface area contributed by atoms with Crippen LogP contribution < -0.4 is 11.1 Å². The number of nitrogens with zero attached hydrogens (tertiary/aromatic N) is 2. The molecule has 0 bridgehead atoms. The predicted octanol–water partition coefficient (Wildman–Crippen LogP) is 4.34. The van der Waals surface area contributed by atoms with Crippen molar-refractivity contribution >= 4 is 17.2 Å². The molecule has 5 nitrogen and oxygen atoms in total. The molecule has 0 radical (unpaired) electrons. The summed E-state index contributed by atoms with van der Waals surface area (Å²) in [6, 6.07) is 6.56. The van der Waals surface area contributed by atoms with Crippen molar-refractivity contribution in [2.24, 2.45) is 12.8 Å². The zero-order valence-electron chi connectivity index (χ0n) is 17.6. The second-order valence-electron chi connectivity index (χ2n) is 7.37. The topological polar surface area (TPSA) is 72.9 Å². The highest BCUT2D eigenvalue weighted by atomic mass is 32.1. The fraction of sp³-hybridized carbons (Fsp3) is 0.364. The van der Waals surface area contributed by atoms with Gasteiger partial charge in [0.2, 0.25) is 0 Å². The van der Waals surface area contributed by atoms with Gasteiger partial charge < -0.3 is 11.1 Å². The maximum Gasteiger partial charge on any atom is 0.416 e. The Labute approximate surface area is 183 Å². The van der Waals surface area contributed by atoms with Crippen LogP contribution in [0.15, 0.2) is 36.5 Å². The minimum absolute atomic E-state index is 0.00235. The fourth-order valence-corrected chi connectivity index (χ4v) is 4.63. The maximum absolute atomic E-state index is 13.3. The van der Waals surface area contributed by atoms with Crippen molar-refractivity contribution in [3.05, 3.63) is 63.0 Å². The average Bonchev–Trinajstić information content (AvgIpc) is 3.29. The van der Waals surface area contributed by atoms with Crippen molar-refractivity contribution in [2.45, 2.75) is 38.9 Å². The number of hydrogen-bond acceptors (Lipinski definition) is 4. The van der Waals surface area contributed by atoms with Crippen LogP contribution in [0.4, 0.5) is 13.2 Å². The Balaban J connectivity index is 1.83. The summed E-state index contributed by atoms with van der Waals surface area (Å²) in [5, 5.41) is 7.08. The van der Waals surface area contributed by atoms with E-state index in [1.54, 1.807) is 16.9 Å². The minimum atomic E-state index is -4.46. The van der Waals surface area contributed by atoms with Gasteiger partial charge in [0.1, 0.15) is 0 Å². The molecule has 0 aliphatic heterocycles. The molecule has 2 heterocycles. The van der Waals surface area contributed by atoms with Crippen LogP contribution >= 0.6 is 11.3 Å². The normalized spacial score (nSPS) is 12.7. The van der Waals surface area contributed by atoms with E-state index in [9.17, 15) is 18.0 Å². The van der Waals surface area contributed by atoms with Gasteiger partial charge in [0.15, 0.2) is 0 Å². The van der Waals surface area contributed by atoms with E-state index >= 15 is 0 Å². The van der Waals surface area contributed by atoms with Gasteiger partial charge in [-0.15, -0.1) is 11.3 Å². The molecule has 3 N–H and O–H groups in total.